The van der Waals surface area contributed by atoms with E-state index < -0.39 is 12.0 Å². The van der Waals surface area contributed by atoms with Crippen LogP contribution in [0.4, 0.5) is 0 Å². The van der Waals surface area contributed by atoms with E-state index in [1.807, 2.05) is 18.2 Å². The summed E-state index contributed by atoms with van der Waals surface area (Å²) in [7, 11) is 1.55. The minimum atomic E-state index is -1.06. The summed E-state index contributed by atoms with van der Waals surface area (Å²) in [6.07, 6.45) is 2.98. The van der Waals surface area contributed by atoms with Crippen molar-refractivity contribution in [3.63, 3.8) is 0 Å². The summed E-state index contributed by atoms with van der Waals surface area (Å²) < 4.78 is 10.3. The molecule has 1 aliphatic heterocycles. The van der Waals surface area contributed by atoms with Gasteiger partial charge in [0.05, 0.1) is 20.3 Å². The van der Waals surface area contributed by atoms with E-state index in [-0.39, 0.29) is 19.1 Å². The predicted molar refractivity (Wildman–Crippen MR) is 76.0 cm³/mol. The fourth-order valence-corrected chi connectivity index (χ4v) is 2.13. The Bertz CT molecular complexity index is 555. The Labute approximate surface area is 122 Å². The van der Waals surface area contributed by atoms with Crippen molar-refractivity contribution in [2.45, 2.75) is 6.04 Å². The van der Waals surface area contributed by atoms with Crippen LogP contribution in [0, 0.1) is 0 Å². The number of ether oxygens (including phenoxy) is 2. The number of carboxylic acids is 1. The lowest BCUT2D eigenvalue weighted by atomic mass is 10.1. The van der Waals surface area contributed by atoms with Crippen molar-refractivity contribution < 1.29 is 24.2 Å². The predicted octanol–water partition coefficient (Wildman–Crippen LogP) is 1.02. The standard InChI is InChI=1S/C15H17NO5/c1-20-13-5-3-2-4-11(13)6-7-14(17)16-8-9-21-10-12(16)15(18)19/h2-7,12H,8-10H2,1H3,(H,18,19)/b7-6+/t12-/m1/s1. The minimum Gasteiger partial charge on any atom is -0.496 e. The lowest BCUT2D eigenvalue weighted by Gasteiger charge is -2.32. The van der Waals surface area contributed by atoms with Gasteiger partial charge in [-0.05, 0) is 12.1 Å². The molecule has 1 aromatic rings. The summed E-state index contributed by atoms with van der Waals surface area (Å²) in [5.41, 5.74) is 0.758. The van der Waals surface area contributed by atoms with Gasteiger partial charge < -0.3 is 19.5 Å². The fourth-order valence-electron chi connectivity index (χ4n) is 2.13. The van der Waals surface area contributed by atoms with Crippen LogP contribution in [0.15, 0.2) is 30.3 Å². The number of methoxy groups -OCH3 is 1. The van der Waals surface area contributed by atoms with E-state index in [1.165, 1.54) is 11.0 Å². The molecule has 1 amide bonds. The number of rotatable bonds is 4. The van der Waals surface area contributed by atoms with Crippen molar-refractivity contribution in [3.8, 4) is 5.75 Å². The van der Waals surface area contributed by atoms with Crippen LogP contribution in [-0.4, -0.2) is 54.8 Å². The largest absolute Gasteiger partial charge is 0.496 e. The number of morpholine rings is 1. The summed E-state index contributed by atoms with van der Waals surface area (Å²) >= 11 is 0. The molecule has 6 heteroatoms. The van der Waals surface area contributed by atoms with Crippen molar-refractivity contribution in [2.75, 3.05) is 26.9 Å². The first kappa shape index (κ1) is 15.1. The molecule has 1 atom stereocenters. The monoisotopic (exact) mass is 291 g/mol. The molecule has 0 unspecified atom stereocenters. The van der Waals surface area contributed by atoms with Crippen LogP contribution in [0.25, 0.3) is 6.08 Å². The second-order valence-corrected chi connectivity index (χ2v) is 4.54. The highest BCUT2D eigenvalue weighted by Gasteiger charge is 2.31. The number of hydrogen-bond acceptors (Lipinski definition) is 4. The van der Waals surface area contributed by atoms with Crippen LogP contribution in [0.2, 0.25) is 0 Å². The zero-order chi connectivity index (χ0) is 15.2. The van der Waals surface area contributed by atoms with E-state index in [0.717, 1.165) is 5.56 Å². The lowest BCUT2D eigenvalue weighted by Crippen LogP contribution is -2.52. The molecule has 1 fully saturated rings. The maximum atomic E-state index is 12.2. The van der Waals surface area contributed by atoms with Crippen LogP contribution in [0.5, 0.6) is 5.75 Å². The Kier molecular flexibility index (Phi) is 4.94. The molecular formula is C15H17NO5. The number of carbonyl (C=O) groups excluding carboxylic acids is 1. The number of nitrogens with zero attached hydrogens (tertiary/aromatic N) is 1. The number of benzene rings is 1. The molecule has 1 N–H and O–H groups in total. The third-order valence-electron chi connectivity index (χ3n) is 3.24. The van der Waals surface area contributed by atoms with Gasteiger partial charge in [0, 0.05) is 18.2 Å². The number of carbonyl (C=O) groups is 2. The molecule has 0 saturated carbocycles. The van der Waals surface area contributed by atoms with Gasteiger partial charge in [0.2, 0.25) is 5.91 Å². The number of para-hydroxylation sites is 1. The highest BCUT2D eigenvalue weighted by atomic mass is 16.5. The van der Waals surface area contributed by atoms with E-state index in [4.69, 9.17) is 14.6 Å². The minimum absolute atomic E-state index is 0.0174. The summed E-state index contributed by atoms with van der Waals surface area (Å²) in [6.45, 7) is 0.633. The third kappa shape index (κ3) is 3.61. The van der Waals surface area contributed by atoms with Gasteiger partial charge in [0.25, 0.3) is 0 Å². The molecule has 0 radical (unpaired) electrons. The molecule has 6 nitrogen and oxygen atoms in total. The van der Waals surface area contributed by atoms with Crippen LogP contribution in [-0.2, 0) is 14.3 Å². The molecule has 1 aliphatic rings. The first-order valence-corrected chi connectivity index (χ1v) is 6.55. The van der Waals surface area contributed by atoms with Gasteiger partial charge in [-0.2, -0.15) is 0 Å². The Balaban J connectivity index is 2.12. The number of hydrogen-bond donors (Lipinski definition) is 1. The van der Waals surface area contributed by atoms with Gasteiger partial charge in [0.15, 0.2) is 6.04 Å². The second-order valence-electron chi connectivity index (χ2n) is 4.54. The van der Waals surface area contributed by atoms with E-state index in [9.17, 15) is 9.59 Å². The normalized spacial score (nSPS) is 18.7. The van der Waals surface area contributed by atoms with Gasteiger partial charge in [-0.1, -0.05) is 18.2 Å². The van der Waals surface area contributed by atoms with Crippen molar-refractivity contribution in [1.82, 2.24) is 4.90 Å². The van der Waals surface area contributed by atoms with Crippen LogP contribution >= 0.6 is 0 Å². The molecule has 112 valence electrons. The average Bonchev–Trinajstić information content (AvgIpc) is 2.52. The van der Waals surface area contributed by atoms with Crippen LogP contribution < -0.4 is 4.74 Å². The van der Waals surface area contributed by atoms with E-state index in [0.29, 0.717) is 12.4 Å². The Morgan fingerprint density at radius 2 is 2.19 bits per heavy atom. The summed E-state index contributed by atoms with van der Waals surface area (Å²) in [5.74, 6) is -0.761. The van der Waals surface area contributed by atoms with Gasteiger partial charge in [0.1, 0.15) is 5.75 Å². The molecule has 0 spiro atoms. The van der Waals surface area contributed by atoms with Gasteiger partial charge >= 0.3 is 5.97 Å². The van der Waals surface area contributed by atoms with E-state index in [2.05, 4.69) is 0 Å². The van der Waals surface area contributed by atoms with Gasteiger partial charge in [-0.3, -0.25) is 4.79 Å². The molecule has 2 rings (SSSR count). The Hall–Kier alpha value is -2.34. The highest BCUT2D eigenvalue weighted by Crippen LogP contribution is 2.19. The summed E-state index contributed by atoms with van der Waals surface area (Å²) in [6, 6.07) is 6.34. The molecule has 0 bridgehead atoms. The zero-order valence-electron chi connectivity index (χ0n) is 11.7. The molecule has 1 saturated heterocycles. The van der Waals surface area contributed by atoms with Gasteiger partial charge in [-0.25, -0.2) is 4.79 Å². The molecule has 0 aromatic heterocycles. The molecule has 0 aliphatic carbocycles. The first-order valence-electron chi connectivity index (χ1n) is 6.55. The topological polar surface area (TPSA) is 76.1 Å². The second kappa shape index (κ2) is 6.90. The molecule has 1 aromatic carbocycles. The maximum Gasteiger partial charge on any atom is 0.328 e. The molecular weight excluding hydrogens is 274 g/mol. The van der Waals surface area contributed by atoms with E-state index >= 15 is 0 Å². The number of amides is 1. The maximum absolute atomic E-state index is 12.2. The van der Waals surface area contributed by atoms with Gasteiger partial charge in [-0.15, -0.1) is 0 Å². The molecule has 1 heterocycles. The smallest absolute Gasteiger partial charge is 0.328 e. The summed E-state index contributed by atoms with van der Waals surface area (Å²) in [4.78, 5) is 24.6. The zero-order valence-corrected chi connectivity index (χ0v) is 11.7. The first-order chi connectivity index (χ1) is 10.1. The lowest BCUT2D eigenvalue weighted by molar-refractivity contribution is -0.156. The van der Waals surface area contributed by atoms with Crippen molar-refractivity contribution in [1.29, 1.82) is 0 Å². The molecule has 21 heavy (non-hydrogen) atoms. The van der Waals surface area contributed by atoms with Crippen LogP contribution in [0.1, 0.15) is 5.56 Å². The fraction of sp³-hybridized carbons (Fsp3) is 0.333. The van der Waals surface area contributed by atoms with Crippen LogP contribution in [0.3, 0.4) is 0 Å². The summed E-state index contributed by atoms with van der Waals surface area (Å²) in [5, 5.41) is 9.11. The average molecular weight is 291 g/mol. The quantitative estimate of drug-likeness (QED) is 0.838. The number of carboxylic acid groups (broad SMARTS) is 1. The van der Waals surface area contributed by atoms with Crippen molar-refractivity contribution in [3.05, 3.63) is 35.9 Å². The third-order valence-corrected chi connectivity index (χ3v) is 3.24. The SMILES string of the molecule is COc1ccccc1/C=C/C(=O)N1CCOC[C@@H]1C(=O)O. The van der Waals surface area contributed by atoms with Crippen molar-refractivity contribution in [2.24, 2.45) is 0 Å². The van der Waals surface area contributed by atoms with E-state index in [1.54, 1.807) is 19.3 Å². The highest BCUT2D eigenvalue weighted by molar-refractivity contribution is 5.94. The van der Waals surface area contributed by atoms with Crippen molar-refractivity contribution >= 4 is 18.0 Å². The Morgan fingerprint density at radius 1 is 1.43 bits per heavy atom. The number of aliphatic carboxylic acids is 1. The Morgan fingerprint density at radius 3 is 2.90 bits per heavy atom.